The van der Waals surface area contributed by atoms with Crippen molar-refractivity contribution >= 4 is 10.8 Å². The van der Waals surface area contributed by atoms with Crippen LogP contribution in [0.2, 0.25) is 0 Å². The van der Waals surface area contributed by atoms with Gasteiger partial charge in [-0.05, 0) is 40.7 Å². The van der Waals surface area contributed by atoms with Crippen molar-refractivity contribution in [1.29, 1.82) is 0 Å². The summed E-state index contributed by atoms with van der Waals surface area (Å²) >= 11 is 0. The van der Waals surface area contributed by atoms with E-state index in [4.69, 9.17) is 0 Å². The van der Waals surface area contributed by atoms with E-state index in [1.54, 1.807) is 0 Å². The van der Waals surface area contributed by atoms with Gasteiger partial charge < -0.3 is 0 Å². The molecule has 0 spiro atoms. The van der Waals surface area contributed by atoms with E-state index in [-0.39, 0.29) is 0 Å². The van der Waals surface area contributed by atoms with Gasteiger partial charge in [0.1, 0.15) is 0 Å². The predicted molar refractivity (Wildman–Crippen MR) is 70.5 cm³/mol. The zero-order chi connectivity index (χ0) is 11.5. The molecular formula is C16H19. The van der Waals surface area contributed by atoms with Crippen LogP contribution in [0.5, 0.6) is 0 Å². The van der Waals surface area contributed by atoms with Gasteiger partial charge in [0.05, 0.1) is 0 Å². The summed E-state index contributed by atoms with van der Waals surface area (Å²) in [5, 5.41) is 2.51. The van der Waals surface area contributed by atoms with Crippen molar-refractivity contribution in [1.82, 2.24) is 0 Å². The van der Waals surface area contributed by atoms with E-state index in [9.17, 15) is 0 Å². The molecule has 1 unspecified atom stereocenters. The van der Waals surface area contributed by atoms with Gasteiger partial charge in [-0.15, -0.1) is 0 Å². The molecule has 0 heteroatoms. The minimum Gasteiger partial charge on any atom is -0.0625 e. The zero-order valence-electron chi connectivity index (χ0n) is 10.3. The molecule has 0 bridgehead atoms. The van der Waals surface area contributed by atoms with Crippen molar-refractivity contribution in [3.63, 3.8) is 0 Å². The molecular weight excluding hydrogens is 192 g/mol. The fourth-order valence-electron chi connectivity index (χ4n) is 1.86. The molecule has 0 amide bonds. The van der Waals surface area contributed by atoms with Gasteiger partial charge in [0, 0.05) is 0 Å². The van der Waals surface area contributed by atoms with Gasteiger partial charge in [0.25, 0.3) is 0 Å². The first-order valence-corrected chi connectivity index (χ1v) is 6.07. The molecule has 0 aliphatic carbocycles. The van der Waals surface area contributed by atoms with Crippen LogP contribution in [-0.2, 0) is 6.42 Å². The Hall–Kier alpha value is -1.30. The summed E-state index contributed by atoms with van der Waals surface area (Å²) in [4.78, 5) is 0. The molecule has 1 atom stereocenters. The maximum Gasteiger partial charge on any atom is -0.00642 e. The molecule has 0 aromatic heterocycles. The van der Waals surface area contributed by atoms with Crippen LogP contribution in [0.3, 0.4) is 0 Å². The third-order valence-electron chi connectivity index (χ3n) is 3.40. The van der Waals surface area contributed by atoms with Crippen LogP contribution >= 0.6 is 0 Å². The van der Waals surface area contributed by atoms with E-state index in [1.165, 1.54) is 16.3 Å². The van der Waals surface area contributed by atoms with Gasteiger partial charge >= 0.3 is 0 Å². The third kappa shape index (κ3) is 2.44. The van der Waals surface area contributed by atoms with Crippen LogP contribution < -0.4 is 0 Å². The average Bonchev–Trinajstić information content (AvgIpc) is 2.28. The Labute approximate surface area is 98.3 Å². The van der Waals surface area contributed by atoms with E-state index in [1.807, 2.05) is 0 Å². The minimum absolute atomic E-state index is 0.720. The van der Waals surface area contributed by atoms with Gasteiger partial charge in [-0.3, -0.25) is 0 Å². The van der Waals surface area contributed by atoms with E-state index < -0.39 is 0 Å². The average molecular weight is 211 g/mol. The van der Waals surface area contributed by atoms with Gasteiger partial charge in [-0.1, -0.05) is 57.2 Å². The monoisotopic (exact) mass is 211 g/mol. The second-order valence-corrected chi connectivity index (χ2v) is 5.00. The van der Waals surface area contributed by atoms with Gasteiger partial charge in [0.2, 0.25) is 0 Å². The Bertz CT molecular complexity index is 468. The Morgan fingerprint density at radius 2 is 1.75 bits per heavy atom. The first-order valence-electron chi connectivity index (χ1n) is 6.07. The lowest BCUT2D eigenvalue weighted by molar-refractivity contribution is 0.417. The first kappa shape index (κ1) is 11.2. The van der Waals surface area contributed by atoms with Crippen LogP contribution in [0.25, 0.3) is 10.8 Å². The van der Waals surface area contributed by atoms with E-state index in [0.717, 1.165) is 18.3 Å². The molecule has 0 saturated heterocycles. The molecule has 0 fully saturated rings. The maximum atomic E-state index is 3.51. The lowest BCUT2D eigenvalue weighted by Crippen LogP contribution is -2.07. The smallest absolute Gasteiger partial charge is 0.00642 e. The van der Waals surface area contributed by atoms with Crippen LogP contribution in [0.15, 0.2) is 36.4 Å². The number of fused-ring (bicyclic) bond motifs is 1. The first-order chi connectivity index (χ1) is 7.66. The Kier molecular flexibility index (Phi) is 3.28. The molecule has 0 heterocycles. The molecule has 2 aromatic carbocycles. The highest BCUT2D eigenvalue weighted by atomic mass is 14.1. The van der Waals surface area contributed by atoms with Crippen LogP contribution in [-0.4, -0.2) is 0 Å². The highest BCUT2D eigenvalue weighted by Gasteiger charge is 2.08. The molecule has 0 N–H and O–H groups in total. The molecule has 2 rings (SSSR count). The topological polar surface area (TPSA) is 0 Å². The zero-order valence-corrected chi connectivity index (χ0v) is 10.3. The molecule has 0 aliphatic heterocycles. The molecule has 1 radical (unpaired) electrons. The SMILES string of the molecule is CC(C)C(C)Cc1[c]c2ccccc2cc1. The second kappa shape index (κ2) is 4.69. The van der Waals surface area contributed by atoms with Crippen molar-refractivity contribution in [3.05, 3.63) is 48.0 Å². The van der Waals surface area contributed by atoms with Crippen LogP contribution in [0.1, 0.15) is 26.3 Å². The Balaban J connectivity index is 2.26. The molecule has 83 valence electrons. The number of hydrogen-bond donors (Lipinski definition) is 0. The fraction of sp³-hybridized carbons (Fsp3) is 0.375. The quantitative estimate of drug-likeness (QED) is 0.702. The van der Waals surface area contributed by atoms with Crippen LogP contribution in [0.4, 0.5) is 0 Å². The summed E-state index contributed by atoms with van der Waals surface area (Å²) in [6, 6.07) is 16.4. The maximum absolute atomic E-state index is 3.51. The molecule has 0 saturated carbocycles. The van der Waals surface area contributed by atoms with Crippen LogP contribution in [0, 0.1) is 17.9 Å². The lowest BCUT2D eigenvalue weighted by Gasteiger charge is -2.15. The van der Waals surface area contributed by atoms with E-state index in [2.05, 4.69) is 63.2 Å². The van der Waals surface area contributed by atoms with Crippen molar-refractivity contribution in [2.75, 3.05) is 0 Å². The Morgan fingerprint density at radius 3 is 2.50 bits per heavy atom. The fourth-order valence-corrected chi connectivity index (χ4v) is 1.86. The van der Waals surface area contributed by atoms with Gasteiger partial charge in [-0.2, -0.15) is 0 Å². The standard InChI is InChI=1S/C16H19/c1-12(2)13(3)10-14-8-9-15-6-4-5-7-16(15)11-14/h4-9,12-13H,10H2,1-3H3. The Morgan fingerprint density at radius 1 is 1.00 bits per heavy atom. The molecule has 16 heavy (non-hydrogen) atoms. The summed E-state index contributed by atoms with van der Waals surface area (Å²) < 4.78 is 0. The summed E-state index contributed by atoms with van der Waals surface area (Å²) in [5.41, 5.74) is 1.33. The molecule has 2 aromatic rings. The number of benzene rings is 2. The van der Waals surface area contributed by atoms with E-state index >= 15 is 0 Å². The number of hydrogen-bond acceptors (Lipinski definition) is 0. The largest absolute Gasteiger partial charge is 0.0625 e. The number of rotatable bonds is 3. The lowest BCUT2D eigenvalue weighted by atomic mass is 9.90. The predicted octanol–water partition coefficient (Wildman–Crippen LogP) is 4.47. The highest BCUT2D eigenvalue weighted by Crippen LogP contribution is 2.20. The van der Waals surface area contributed by atoms with E-state index in [0.29, 0.717) is 0 Å². The molecule has 0 aliphatic rings. The van der Waals surface area contributed by atoms with Crippen molar-refractivity contribution in [2.45, 2.75) is 27.2 Å². The highest BCUT2D eigenvalue weighted by molar-refractivity contribution is 5.82. The van der Waals surface area contributed by atoms with Crippen molar-refractivity contribution < 1.29 is 0 Å². The molecule has 0 nitrogen and oxygen atoms in total. The van der Waals surface area contributed by atoms with Crippen molar-refractivity contribution in [3.8, 4) is 0 Å². The van der Waals surface area contributed by atoms with Gasteiger partial charge in [-0.25, -0.2) is 0 Å². The minimum atomic E-state index is 0.720. The van der Waals surface area contributed by atoms with Gasteiger partial charge in [0.15, 0.2) is 0 Å². The second-order valence-electron chi connectivity index (χ2n) is 5.00. The summed E-state index contributed by atoms with van der Waals surface area (Å²) in [7, 11) is 0. The normalized spacial score (nSPS) is 13.2. The summed E-state index contributed by atoms with van der Waals surface area (Å²) in [5.74, 6) is 1.46. The van der Waals surface area contributed by atoms with Crippen molar-refractivity contribution in [2.24, 2.45) is 11.8 Å². The summed E-state index contributed by atoms with van der Waals surface area (Å²) in [6.45, 7) is 6.88. The summed E-state index contributed by atoms with van der Waals surface area (Å²) in [6.07, 6.45) is 1.13. The third-order valence-corrected chi connectivity index (χ3v) is 3.40.